The lowest BCUT2D eigenvalue weighted by Gasteiger charge is -2.31. The van der Waals surface area contributed by atoms with Gasteiger partial charge in [-0.15, -0.1) is 0 Å². The number of carboxylic acids is 1. The summed E-state index contributed by atoms with van der Waals surface area (Å²) in [6, 6.07) is -3.23. The van der Waals surface area contributed by atoms with Crippen molar-refractivity contribution in [2.24, 2.45) is 29.0 Å². The number of carbonyl (C=O) groups excluding carboxylic acids is 11. The summed E-state index contributed by atoms with van der Waals surface area (Å²) in [6.45, 7) is 6.53. The van der Waals surface area contributed by atoms with Gasteiger partial charge in [-0.1, -0.05) is 46.2 Å². The highest BCUT2D eigenvalue weighted by atomic mass is 32.2. The van der Waals surface area contributed by atoms with Gasteiger partial charge in [0, 0.05) is 42.4 Å². The van der Waals surface area contributed by atoms with Crippen molar-refractivity contribution >= 4 is 81.7 Å². The number of amides is 11. The molecule has 26 nitrogen and oxygen atoms in total. The summed E-state index contributed by atoms with van der Waals surface area (Å²) >= 11 is 0. The van der Waals surface area contributed by atoms with E-state index in [1.165, 1.54) is 7.11 Å². The van der Waals surface area contributed by atoms with Crippen molar-refractivity contribution in [3.63, 3.8) is 0 Å². The third-order valence-electron chi connectivity index (χ3n) is 12.0. The van der Waals surface area contributed by atoms with Crippen molar-refractivity contribution in [1.29, 1.82) is 0 Å². The molecule has 430 valence electrons. The van der Waals surface area contributed by atoms with Crippen LogP contribution in [0.4, 0.5) is 13.2 Å². The Morgan fingerprint density at radius 3 is 1.97 bits per heavy atom. The summed E-state index contributed by atoms with van der Waals surface area (Å²) in [5.74, 6) is -13.1. The zero-order chi connectivity index (χ0) is 58.3. The number of hydrogen-bond acceptors (Lipinski definition) is 14. The van der Waals surface area contributed by atoms with E-state index in [4.69, 9.17) is 31.8 Å². The molecule has 2 fully saturated rings. The van der Waals surface area contributed by atoms with Crippen LogP contribution in [0.25, 0.3) is 0 Å². The number of likely N-dealkylation sites (tertiary alicyclic amines) is 1. The Hall–Kier alpha value is -7.40. The van der Waals surface area contributed by atoms with Crippen molar-refractivity contribution in [2.45, 2.75) is 140 Å². The zero-order valence-electron chi connectivity index (χ0n) is 43.3. The van der Waals surface area contributed by atoms with Crippen molar-refractivity contribution < 1.29 is 84.8 Å². The number of nitrogens with zero attached hydrogens (tertiary/aromatic N) is 1. The molecule has 77 heavy (non-hydrogen) atoms. The molecule has 1 aromatic carbocycles. The first kappa shape index (κ1) is 65.7. The molecule has 2 saturated heterocycles. The van der Waals surface area contributed by atoms with E-state index in [0.717, 1.165) is 4.90 Å². The van der Waals surface area contributed by atoms with E-state index < -0.39 is 168 Å². The molecule has 2 aliphatic heterocycles. The number of rotatable bonds is 18. The van der Waals surface area contributed by atoms with Crippen molar-refractivity contribution in [3.8, 4) is 5.75 Å². The molecule has 0 bridgehead atoms. The number of nitrogens with one attached hydrogen (secondary N) is 7. The molecule has 0 aliphatic carbocycles. The van der Waals surface area contributed by atoms with Crippen LogP contribution in [0.3, 0.4) is 0 Å². The Kier molecular flexibility index (Phi) is 27.0. The molecule has 0 radical (unpaired) electrons. The average molecular weight is 1120 g/mol. The molecule has 0 spiro atoms. The van der Waals surface area contributed by atoms with Gasteiger partial charge in [-0.3, -0.25) is 56.9 Å². The second-order valence-electron chi connectivity index (χ2n) is 18.7. The monoisotopic (exact) mass is 1120 g/mol. The fourth-order valence-electron chi connectivity index (χ4n) is 7.81. The Morgan fingerprint density at radius 2 is 1.43 bits per heavy atom. The van der Waals surface area contributed by atoms with Gasteiger partial charge in [-0.25, -0.2) is 4.79 Å². The molecule has 0 saturated carbocycles. The number of benzene rings is 1. The molecule has 11 amide bonds. The first-order chi connectivity index (χ1) is 36.0. The number of aliphatic carboxylic acids is 1. The van der Waals surface area contributed by atoms with Gasteiger partial charge in [0.1, 0.15) is 48.0 Å². The number of ether oxygens (including phenoxy) is 1. The van der Waals surface area contributed by atoms with E-state index in [-0.39, 0.29) is 50.3 Å². The minimum Gasteiger partial charge on any atom is -0.497 e. The van der Waals surface area contributed by atoms with Crippen LogP contribution < -0.4 is 59.2 Å². The first-order valence-electron chi connectivity index (χ1n) is 24.5. The van der Waals surface area contributed by atoms with Crippen LogP contribution in [-0.2, 0) is 74.8 Å². The average Bonchev–Trinajstić information content (AvgIpc) is 3.84. The largest absolute Gasteiger partial charge is 0.497 e. The minimum absolute atomic E-state index is 0.00950. The summed E-state index contributed by atoms with van der Waals surface area (Å²) in [4.78, 5) is 157. The SMILES string of the molecule is CC[C@H](C)[C@@H]1NC(=O)[C@H](Cc2ccc(OC)cc2)NC(=O)CCCS(=O)C[C@@H](C(=O)N2CCC[C@H]2C(=O)N[C@@H](CC(C)C)C(=O)NCC(N)=O)NC(=O)[C@H](CC(N)=O)NC(=O)[C@H](CCC(N)=O)NC1=O.O=C(O)C(F)(F)F. The summed E-state index contributed by atoms with van der Waals surface area (Å²) in [7, 11) is -0.481. The number of methoxy groups -OCH3 is 1. The predicted molar refractivity (Wildman–Crippen MR) is 267 cm³/mol. The van der Waals surface area contributed by atoms with E-state index in [9.17, 15) is 70.1 Å². The topological polar surface area (TPSA) is 417 Å². The minimum atomic E-state index is -5.08. The highest BCUT2D eigenvalue weighted by Gasteiger charge is 2.42. The Morgan fingerprint density at radius 1 is 0.831 bits per heavy atom. The molecule has 2 aliphatic rings. The van der Waals surface area contributed by atoms with Gasteiger partial charge in [0.25, 0.3) is 0 Å². The standard InChI is InChI=1S/C45H69N11O13S.C2HF3O2/c1-6-25(4)38-44(66)51-28(15-16-34(46)57)40(62)52-31(21-35(47)58)41(63)54-32(45(67)56-17-7-9-33(56)43(65)53-29(19-24(2)3)39(61)49-22-36(48)59)23-70(68)18-8-10-37(60)50-30(42(64)55-38)20-26-11-13-27(69-5)14-12-26;3-2(4,5)1(6)7/h11-14,24-25,28-33,38H,6-10,15-23H2,1-5H3,(H2,46,57)(H2,47,58)(H2,48,59)(H,49,61)(H,50,60)(H,51,66)(H,52,62)(H,53,65)(H,54,63)(H,55,64);(H,6,7)/t25-,28-,29-,30-,31-,32-,33-,38-,70?;/m0./s1. The van der Waals surface area contributed by atoms with Crippen LogP contribution in [0, 0.1) is 11.8 Å². The smallest absolute Gasteiger partial charge is 0.490 e. The van der Waals surface area contributed by atoms with Crippen LogP contribution >= 0.6 is 0 Å². The summed E-state index contributed by atoms with van der Waals surface area (Å²) < 4.78 is 50.8. The van der Waals surface area contributed by atoms with Crippen LogP contribution in [0.2, 0.25) is 0 Å². The predicted octanol–water partition coefficient (Wildman–Crippen LogP) is -2.85. The first-order valence-corrected chi connectivity index (χ1v) is 26.0. The summed E-state index contributed by atoms with van der Waals surface area (Å²) in [5, 5.41) is 24.9. The normalized spacial score (nSPS) is 22.9. The third kappa shape index (κ3) is 23.2. The third-order valence-corrected chi connectivity index (χ3v) is 13.4. The number of hydrogen-bond donors (Lipinski definition) is 11. The van der Waals surface area contributed by atoms with Crippen molar-refractivity contribution in [3.05, 3.63) is 29.8 Å². The van der Waals surface area contributed by atoms with Crippen LogP contribution in [0.15, 0.2) is 24.3 Å². The van der Waals surface area contributed by atoms with Gasteiger partial charge in [0.15, 0.2) is 0 Å². The molecule has 3 rings (SSSR count). The van der Waals surface area contributed by atoms with Gasteiger partial charge in [0.2, 0.25) is 65.0 Å². The number of primary amides is 3. The quantitative estimate of drug-likeness (QED) is 0.0705. The molecule has 9 atom stereocenters. The number of nitrogens with two attached hydrogens (primary N) is 3. The Bertz CT molecular complexity index is 2330. The van der Waals surface area contributed by atoms with Crippen molar-refractivity contribution in [2.75, 3.05) is 31.7 Å². The number of alkyl halides is 3. The van der Waals surface area contributed by atoms with Crippen LogP contribution in [-0.4, -0.2) is 165 Å². The fourth-order valence-corrected chi connectivity index (χ4v) is 9.04. The van der Waals surface area contributed by atoms with Gasteiger partial charge < -0.3 is 69.2 Å². The number of halogens is 3. The lowest BCUT2D eigenvalue weighted by molar-refractivity contribution is -0.192. The van der Waals surface area contributed by atoms with Gasteiger partial charge in [-0.2, -0.15) is 13.2 Å². The van der Waals surface area contributed by atoms with Gasteiger partial charge in [-0.05, 0) is 61.6 Å². The summed E-state index contributed by atoms with van der Waals surface area (Å²) in [5.41, 5.74) is 16.7. The second kappa shape index (κ2) is 31.6. The van der Waals surface area contributed by atoms with E-state index in [2.05, 4.69) is 37.2 Å². The van der Waals surface area contributed by atoms with E-state index in [1.807, 2.05) is 0 Å². The second-order valence-corrected chi connectivity index (χ2v) is 20.3. The van der Waals surface area contributed by atoms with Gasteiger partial charge >= 0.3 is 12.1 Å². The van der Waals surface area contributed by atoms with Crippen LogP contribution in [0.5, 0.6) is 5.75 Å². The van der Waals surface area contributed by atoms with Crippen LogP contribution in [0.1, 0.15) is 91.0 Å². The Labute approximate surface area is 444 Å². The number of carboxylic acid groups (broad SMARTS) is 1. The Balaban J connectivity index is 0.00000270. The molecule has 1 aromatic rings. The maximum absolute atomic E-state index is 14.5. The molecule has 1 unspecified atom stereocenters. The molecule has 2 heterocycles. The molecular weight excluding hydrogens is 1050 g/mol. The van der Waals surface area contributed by atoms with E-state index >= 15 is 0 Å². The molecule has 14 N–H and O–H groups in total. The van der Waals surface area contributed by atoms with Gasteiger partial charge in [0.05, 0.1) is 25.8 Å². The highest BCUT2D eigenvalue weighted by molar-refractivity contribution is 7.85. The maximum Gasteiger partial charge on any atom is 0.490 e. The number of carbonyl (C=O) groups is 12. The lowest BCUT2D eigenvalue weighted by Crippen LogP contribution is -2.61. The lowest BCUT2D eigenvalue weighted by atomic mass is 9.96. The van der Waals surface area contributed by atoms with E-state index in [1.54, 1.807) is 52.0 Å². The van der Waals surface area contributed by atoms with Crippen molar-refractivity contribution in [1.82, 2.24) is 42.1 Å². The molecule has 30 heteroatoms. The van der Waals surface area contributed by atoms with E-state index in [0.29, 0.717) is 24.2 Å². The fraction of sp³-hybridized carbons (Fsp3) is 0.617. The molecular formula is C47H70F3N11O15S. The zero-order valence-corrected chi connectivity index (χ0v) is 44.1. The summed E-state index contributed by atoms with van der Waals surface area (Å²) in [6.07, 6.45) is -6.14. The molecule has 0 aromatic heterocycles. The highest BCUT2D eigenvalue weighted by Crippen LogP contribution is 2.21. The maximum atomic E-state index is 14.5.